The Bertz CT molecular complexity index is 511. The van der Waals surface area contributed by atoms with Gasteiger partial charge >= 0.3 is 11.9 Å². The molecule has 0 aliphatic heterocycles. The molecule has 28 heavy (non-hydrogen) atoms. The zero-order valence-electron chi connectivity index (χ0n) is 17.8. The van der Waals surface area contributed by atoms with Crippen molar-refractivity contribution in [3.05, 3.63) is 0 Å². The van der Waals surface area contributed by atoms with Gasteiger partial charge in [0.15, 0.2) is 0 Å². The second-order valence-electron chi connectivity index (χ2n) is 7.83. The van der Waals surface area contributed by atoms with Gasteiger partial charge in [0.2, 0.25) is 5.91 Å². The molecule has 1 saturated carbocycles. The molecule has 0 spiro atoms. The average Bonchev–Trinajstić information content (AvgIpc) is 2.67. The van der Waals surface area contributed by atoms with Crippen LogP contribution >= 0.6 is 0 Å². The maximum Gasteiger partial charge on any atom is 0.326 e. The van der Waals surface area contributed by atoms with Crippen molar-refractivity contribution in [1.29, 1.82) is 0 Å². The molecule has 0 saturated heterocycles. The number of hydrogen-bond acceptors (Lipinski definition) is 5. The Hall–Kier alpha value is -1.63. The van der Waals surface area contributed by atoms with Gasteiger partial charge in [0.05, 0.1) is 12.6 Å². The number of hydrogen-bond donors (Lipinski definition) is 3. The maximum atomic E-state index is 12.6. The first-order chi connectivity index (χ1) is 13.3. The van der Waals surface area contributed by atoms with E-state index in [1.165, 1.54) is 6.42 Å². The number of carbonyl (C=O) groups excluding carboxylic acids is 2. The minimum absolute atomic E-state index is 0.280. The maximum absolute atomic E-state index is 12.6. The van der Waals surface area contributed by atoms with Gasteiger partial charge in [-0.3, -0.25) is 14.9 Å². The van der Waals surface area contributed by atoms with Crippen LogP contribution in [-0.2, 0) is 19.1 Å². The molecule has 0 aromatic heterocycles. The summed E-state index contributed by atoms with van der Waals surface area (Å²) in [5.41, 5.74) is 0. The third kappa shape index (κ3) is 7.78. The van der Waals surface area contributed by atoms with E-state index in [0.29, 0.717) is 24.7 Å². The number of carboxylic acids is 1. The second kappa shape index (κ2) is 12.8. The summed E-state index contributed by atoms with van der Waals surface area (Å²) in [6, 6.07) is -2.16. The monoisotopic (exact) mass is 398 g/mol. The molecule has 7 heteroatoms. The summed E-state index contributed by atoms with van der Waals surface area (Å²) in [5.74, 6) is -0.929. The third-order valence-electron chi connectivity index (χ3n) is 5.74. The van der Waals surface area contributed by atoms with Crippen molar-refractivity contribution in [3.8, 4) is 0 Å². The summed E-state index contributed by atoms with van der Waals surface area (Å²) >= 11 is 0. The lowest BCUT2D eigenvalue weighted by Crippen LogP contribution is -2.53. The number of carboxylic acid groups (broad SMARTS) is 1. The summed E-state index contributed by atoms with van der Waals surface area (Å²) in [6.07, 6.45) is 7.31. The van der Waals surface area contributed by atoms with Crippen LogP contribution in [0.2, 0.25) is 0 Å². The fourth-order valence-corrected chi connectivity index (χ4v) is 4.13. The molecule has 5 atom stereocenters. The van der Waals surface area contributed by atoms with E-state index in [1.54, 1.807) is 13.8 Å². The van der Waals surface area contributed by atoms with Crippen LogP contribution in [0.25, 0.3) is 0 Å². The number of esters is 1. The van der Waals surface area contributed by atoms with Crippen LogP contribution in [0.4, 0.5) is 0 Å². The molecule has 1 amide bonds. The fraction of sp³-hybridized carbons (Fsp3) is 0.857. The highest BCUT2D eigenvalue weighted by Gasteiger charge is 2.32. The molecule has 0 aromatic carbocycles. The van der Waals surface area contributed by atoms with Crippen molar-refractivity contribution < 1.29 is 24.2 Å². The van der Waals surface area contributed by atoms with Crippen molar-refractivity contribution in [2.24, 2.45) is 11.8 Å². The largest absolute Gasteiger partial charge is 0.480 e. The van der Waals surface area contributed by atoms with Crippen LogP contribution in [0.1, 0.15) is 79.1 Å². The highest BCUT2D eigenvalue weighted by molar-refractivity contribution is 5.87. The smallest absolute Gasteiger partial charge is 0.326 e. The second-order valence-corrected chi connectivity index (χ2v) is 7.83. The van der Waals surface area contributed by atoms with Gasteiger partial charge in [0, 0.05) is 0 Å². The zero-order valence-corrected chi connectivity index (χ0v) is 17.8. The van der Waals surface area contributed by atoms with E-state index in [0.717, 1.165) is 32.1 Å². The molecule has 0 radical (unpaired) electrons. The minimum Gasteiger partial charge on any atom is -0.480 e. The summed E-state index contributed by atoms with van der Waals surface area (Å²) in [7, 11) is 0. The van der Waals surface area contributed by atoms with Crippen LogP contribution in [0.5, 0.6) is 0 Å². The van der Waals surface area contributed by atoms with E-state index in [2.05, 4.69) is 17.6 Å². The zero-order chi connectivity index (χ0) is 21.1. The van der Waals surface area contributed by atoms with Crippen LogP contribution in [0.15, 0.2) is 0 Å². The first-order valence-electron chi connectivity index (χ1n) is 10.8. The van der Waals surface area contributed by atoms with Crippen LogP contribution < -0.4 is 10.6 Å². The number of nitrogens with one attached hydrogen (secondary N) is 2. The number of ether oxygens (including phenoxy) is 1. The van der Waals surface area contributed by atoms with Crippen molar-refractivity contribution >= 4 is 17.8 Å². The van der Waals surface area contributed by atoms with E-state index in [9.17, 15) is 19.5 Å². The average molecular weight is 399 g/mol. The molecular weight excluding hydrogens is 360 g/mol. The molecule has 0 heterocycles. The van der Waals surface area contributed by atoms with Crippen molar-refractivity contribution in [3.63, 3.8) is 0 Å². The first-order valence-corrected chi connectivity index (χ1v) is 10.8. The summed E-state index contributed by atoms with van der Waals surface area (Å²) in [5, 5.41) is 15.3. The molecule has 0 bridgehead atoms. The van der Waals surface area contributed by atoms with Gasteiger partial charge in [0.25, 0.3) is 0 Å². The molecular formula is C21H38N2O5. The van der Waals surface area contributed by atoms with E-state index in [1.807, 2.05) is 6.92 Å². The Balaban J connectivity index is 2.68. The standard InChI is InChI=1S/C21H38N2O5/c1-5-10-17(21(27)28-7-3)22-14(4)19(24)23-18(20(25)26)13-16-12-9-8-11-15(16)6-2/h14-18,22H,5-13H2,1-4H3,(H,23,24)(H,25,26)/t14-,15-,16-,17-,18-/m0/s1. The van der Waals surface area contributed by atoms with Gasteiger partial charge < -0.3 is 15.2 Å². The topological polar surface area (TPSA) is 105 Å². The van der Waals surface area contributed by atoms with Gasteiger partial charge in [-0.2, -0.15) is 0 Å². The predicted molar refractivity (Wildman–Crippen MR) is 108 cm³/mol. The van der Waals surface area contributed by atoms with E-state index >= 15 is 0 Å². The van der Waals surface area contributed by atoms with Gasteiger partial charge in [-0.15, -0.1) is 0 Å². The van der Waals surface area contributed by atoms with Crippen LogP contribution in [0.3, 0.4) is 0 Å². The Labute approximate surface area is 169 Å². The van der Waals surface area contributed by atoms with Crippen LogP contribution in [-0.4, -0.2) is 47.7 Å². The van der Waals surface area contributed by atoms with Gasteiger partial charge in [-0.05, 0) is 38.5 Å². The number of carbonyl (C=O) groups is 3. The number of amides is 1. The molecule has 1 fully saturated rings. The molecule has 1 rings (SSSR count). The Morgan fingerprint density at radius 2 is 1.71 bits per heavy atom. The Kier molecular flexibility index (Phi) is 11.1. The molecule has 7 nitrogen and oxygen atoms in total. The van der Waals surface area contributed by atoms with Gasteiger partial charge in [-0.25, -0.2) is 4.79 Å². The normalized spacial score (nSPS) is 22.7. The highest BCUT2D eigenvalue weighted by atomic mass is 16.5. The number of aliphatic carboxylic acids is 1. The number of rotatable bonds is 12. The van der Waals surface area contributed by atoms with Crippen molar-refractivity contribution in [1.82, 2.24) is 10.6 Å². The van der Waals surface area contributed by atoms with Crippen LogP contribution in [0, 0.1) is 11.8 Å². The molecule has 162 valence electrons. The fourth-order valence-electron chi connectivity index (χ4n) is 4.13. The van der Waals surface area contributed by atoms with E-state index in [-0.39, 0.29) is 12.6 Å². The quantitative estimate of drug-likeness (QED) is 0.437. The molecule has 0 unspecified atom stereocenters. The van der Waals surface area contributed by atoms with E-state index < -0.39 is 30.0 Å². The molecule has 1 aliphatic rings. The lowest BCUT2D eigenvalue weighted by atomic mass is 9.75. The van der Waals surface area contributed by atoms with Gasteiger partial charge in [0.1, 0.15) is 12.1 Å². The van der Waals surface area contributed by atoms with Crippen molar-refractivity contribution in [2.75, 3.05) is 6.61 Å². The predicted octanol–water partition coefficient (Wildman–Crippen LogP) is 2.87. The van der Waals surface area contributed by atoms with E-state index in [4.69, 9.17) is 4.74 Å². The summed E-state index contributed by atoms with van der Waals surface area (Å²) in [6.45, 7) is 7.76. The van der Waals surface area contributed by atoms with Crippen molar-refractivity contribution in [2.45, 2.75) is 97.2 Å². The summed E-state index contributed by atoms with van der Waals surface area (Å²) in [4.78, 5) is 36.4. The minimum atomic E-state index is -1.00. The molecule has 3 N–H and O–H groups in total. The Morgan fingerprint density at radius 3 is 2.25 bits per heavy atom. The summed E-state index contributed by atoms with van der Waals surface area (Å²) < 4.78 is 5.05. The Morgan fingerprint density at radius 1 is 1.07 bits per heavy atom. The lowest BCUT2D eigenvalue weighted by molar-refractivity contribution is -0.147. The SMILES string of the molecule is CCC[C@H](N[C@@H](C)C(=O)N[C@@H](C[C@@H]1CCCC[C@@H]1CC)C(=O)O)C(=O)OCC. The highest BCUT2D eigenvalue weighted by Crippen LogP contribution is 2.35. The van der Waals surface area contributed by atoms with Gasteiger partial charge in [-0.1, -0.05) is 52.4 Å². The first kappa shape index (κ1) is 24.4. The molecule has 0 aromatic rings. The third-order valence-corrected chi connectivity index (χ3v) is 5.74. The lowest BCUT2D eigenvalue weighted by Gasteiger charge is -2.33. The molecule has 1 aliphatic carbocycles.